The van der Waals surface area contributed by atoms with Crippen molar-refractivity contribution in [2.24, 2.45) is 0 Å². The molecule has 0 heterocycles. The van der Waals surface area contributed by atoms with Crippen molar-refractivity contribution in [3.05, 3.63) is 0 Å². The van der Waals surface area contributed by atoms with Crippen LogP contribution >= 0.6 is 11.6 Å². The molecule has 0 aromatic rings. The van der Waals surface area contributed by atoms with Crippen molar-refractivity contribution in [2.75, 3.05) is 13.1 Å². The molecule has 0 aromatic carbocycles. The number of hydrogen-bond donors (Lipinski definition) is 0. The van der Waals surface area contributed by atoms with Gasteiger partial charge in [-0.3, -0.25) is 4.79 Å². The monoisotopic (exact) mass is 145 g/mol. The van der Waals surface area contributed by atoms with Gasteiger partial charge in [-0.05, 0) is 18.5 Å². The minimum absolute atomic E-state index is 0.291. The van der Waals surface area contributed by atoms with E-state index in [1.807, 2.05) is 6.92 Å². The van der Waals surface area contributed by atoms with Crippen LogP contribution in [0.4, 0.5) is 4.79 Å². The summed E-state index contributed by atoms with van der Waals surface area (Å²) in [6.45, 7) is 2.67. The number of carbonyl (C=O) groups excluding carboxylic acids is 1. The van der Waals surface area contributed by atoms with Gasteiger partial charge >= 0.3 is 5.37 Å². The average molecular weight is 146 g/mol. The lowest BCUT2D eigenvalue weighted by atomic mass is 10.5. The number of amides is 1. The molecular weight excluding hydrogens is 138 g/mol. The van der Waals surface area contributed by atoms with Crippen LogP contribution in [0.3, 0.4) is 0 Å². The second-order valence-electron chi connectivity index (χ2n) is 1.47. The highest BCUT2D eigenvalue weighted by molar-refractivity contribution is 6.62. The molecule has 0 aliphatic carbocycles. The van der Waals surface area contributed by atoms with Gasteiger partial charge in [-0.15, -0.1) is 6.42 Å². The molecule has 2 nitrogen and oxygen atoms in total. The summed E-state index contributed by atoms with van der Waals surface area (Å²) in [7, 11) is 0. The number of carbonyl (C=O) groups is 1. The molecule has 0 unspecified atom stereocenters. The Morgan fingerprint density at radius 3 is 2.56 bits per heavy atom. The van der Waals surface area contributed by atoms with Crippen LogP contribution in [-0.2, 0) is 0 Å². The van der Waals surface area contributed by atoms with E-state index in [9.17, 15) is 4.79 Å². The zero-order chi connectivity index (χ0) is 7.28. The van der Waals surface area contributed by atoms with E-state index >= 15 is 0 Å². The molecule has 1 amide bonds. The summed E-state index contributed by atoms with van der Waals surface area (Å²) in [5.41, 5.74) is 0. The van der Waals surface area contributed by atoms with Gasteiger partial charge in [-0.2, -0.15) is 0 Å². The molecule has 0 aliphatic rings. The van der Waals surface area contributed by atoms with E-state index in [0.29, 0.717) is 13.1 Å². The maximum absolute atomic E-state index is 10.4. The molecule has 0 spiro atoms. The zero-order valence-electron chi connectivity index (χ0n) is 5.22. The Hall–Kier alpha value is -0.680. The highest BCUT2D eigenvalue weighted by Crippen LogP contribution is 1.93. The first-order valence-corrected chi connectivity index (χ1v) is 2.98. The lowest BCUT2D eigenvalue weighted by Gasteiger charge is -2.12. The number of nitrogens with zero attached hydrogens (tertiary/aromatic N) is 1. The minimum Gasteiger partial charge on any atom is -0.318 e. The first-order chi connectivity index (χ1) is 4.22. The maximum Gasteiger partial charge on any atom is 0.317 e. The largest absolute Gasteiger partial charge is 0.318 e. The fourth-order valence-electron chi connectivity index (χ4n) is 0.408. The number of rotatable bonds is 2. The molecule has 0 aliphatic heterocycles. The minimum atomic E-state index is -0.490. The van der Waals surface area contributed by atoms with Crippen molar-refractivity contribution >= 4 is 17.0 Å². The van der Waals surface area contributed by atoms with E-state index in [4.69, 9.17) is 18.0 Å². The Morgan fingerprint density at radius 1 is 1.89 bits per heavy atom. The van der Waals surface area contributed by atoms with Gasteiger partial charge in [0.25, 0.3) is 0 Å². The van der Waals surface area contributed by atoms with Crippen LogP contribution in [0.1, 0.15) is 6.92 Å². The van der Waals surface area contributed by atoms with Gasteiger partial charge in [0.2, 0.25) is 0 Å². The summed E-state index contributed by atoms with van der Waals surface area (Å²) < 4.78 is 0. The van der Waals surface area contributed by atoms with Crippen LogP contribution in [-0.4, -0.2) is 23.4 Å². The topological polar surface area (TPSA) is 20.3 Å². The van der Waals surface area contributed by atoms with Crippen molar-refractivity contribution in [2.45, 2.75) is 6.92 Å². The van der Waals surface area contributed by atoms with E-state index < -0.39 is 5.37 Å². The highest BCUT2D eigenvalue weighted by atomic mass is 35.5. The first kappa shape index (κ1) is 8.32. The molecule has 0 N–H and O–H groups in total. The molecule has 3 heteroatoms. The van der Waals surface area contributed by atoms with Crippen molar-refractivity contribution in [3.8, 4) is 12.3 Å². The summed E-state index contributed by atoms with van der Waals surface area (Å²) in [5.74, 6) is 2.32. The Kier molecular flexibility index (Phi) is 3.90. The molecule has 0 atom stereocenters. The smallest absolute Gasteiger partial charge is 0.317 e. The van der Waals surface area contributed by atoms with Crippen molar-refractivity contribution in [3.63, 3.8) is 0 Å². The maximum atomic E-state index is 10.4. The second kappa shape index (κ2) is 4.22. The van der Waals surface area contributed by atoms with Gasteiger partial charge < -0.3 is 4.90 Å². The lowest BCUT2D eigenvalue weighted by molar-refractivity contribution is 0.230. The zero-order valence-corrected chi connectivity index (χ0v) is 5.98. The van der Waals surface area contributed by atoms with E-state index in [-0.39, 0.29) is 0 Å². The molecule has 0 saturated carbocycles. The fourth-order valence-corrected chi connectivity index (χ4v) is 0.588. The predicted molar refractivity (Wildman–Crippen MR) is 37.3 cm³/mol. The second-order valence-corrected chi connectivity index (χ2v) is 1.79. The fraction of sp³-hybridized carbons (Fsp3) is 0.500. The standard InChI is InChI=1S/C6H8ClNO/c1-3-5-8(4-2)6(7)9/h1H,4-5H2,2H3. The van der Waals surface area contributed by atoms with E-state index in [2.05, 4.69) is 5.92 Å². The van der Waals surface area contributed by atoms with Gasteiger partial charge in [0, 0.05) is 6.54 Å². The third-order valence-electron chi connectivity index (χ3n) is 0.912. The third kappa shape index (κ3) is 2.99. The molecule has 0 bridgehead atoms. The molecule has 50 valence electrons. The van der Waals surface area contributed by atoms with E-state index in [0.717, 1.165) is 0 Å². The Labute approximate surface area is 59.8 Å². The van der Waals surface area contributed by atoms with Crippen LogP contribution in [0.15, 0.2) is 0 Å². The molecular formula is C6H8ClNO. The lowest BCUT2D eigenvalue weighted by Crippen LogP contribution is -2.25. The van der Waals surface area contributed by atoms with Gasteiger partial charge in [0.15, 0.2) is 0 Å². The van der Waals surface area contributed by atoms with Crippen molar-refractivity contribution in [1.29, 1.82) is 0 Å². The van der Waals surface area contributed by atoms with Gasteiger partial charge in [-0.25, -0.2) is 0 Å². The van der Waals surface area contributed by atoms with Gasteiger partial charge in [0.05, 0.1) is 6.54 Å². The number of halogens is 1. The average Bonchev–Trinajstić information content (AvgIpc) is 1.82. The van der Waals surface area contributed by atoms with Crippen LogP contribution < -0.4 is 0 Å². The molecule has 0 rings (SSSR count). The Bertz CT molecular complexity index is 138. The first-order valence-electron chi connectivity index (χ1n) is 2.60. The molecule has 9 heavy (non-hydrogen) atoms. The summed E-state index contributed by atoms with van der Waals surface area (Å²) >= 11 is 5.11. The summed E-state index contributed by atoms with van der Waals surface area (Å²) in [6, 6.07) is 0. The van der Waals surface area contributed by atoms with E-state index in [1.165, 1.54) is 4.90 Å². The molecule has 0 aromatic heterocycles. The number of terminal acetylenes is 1. The number of hydrogen-bond acceptors (Lipinski definition) is 1. The highest BCUT2D eigenvalue weighted by Gasteiger charge is 2.03. The normalized spacial score (nSPS) is 8.11. The SMILES string of the molecule is C#CCN(CC)C(=O)Cl. The van der Waals surface area contributed by atoms with Crippen molar-refractivity contribution in [1.82, 2.24) is 4.90 Å². The third-order valence-corrected chi connectivity index (χ3v) is 1.15. The van der Waals surface area contributed by atoms with Crippen molar-refractivity contribution < 1.29 is 4.79 Å². The van der Waals surface area contributed by atoms with Crippen LogP contribution in [0.5, 0.6) is 0 Å². The Balaban J connectivity index is 3.71. The summed E-state index contributed by atoms with van der Waals surface area (Å²) in [5, 5.41) is -0.490. The quantitative estimate of drug-likeness (QED) is 0.326. The summed E-state index contributed by atoms with van der Waals surface area (Å²) in [4.78, 5) is 11.7. The van der Waals surface area contributed by atoms with Crippen LogP contribution in [0, 0.1) is 12.3 Å². The molecule has 0 radical (unpaired) electrons. The van der Waals surface area contributed by atoms with Gasteiger partial charge in [0.1, 0.15) is 0 Å². The molecule has 0 saturated heterocycles. The summed E-state index contributed by atoms with van der Waals surface area (Å²) in [6.07, 6.45) is 4.94. The Morgan fingerprint density at radius 2 is 2.44 bits per heavy atom. The van der Waals surface area contributed by atoms with Crippen LogP contribution in [0.2, 0.25) is 0 Å². The predicted octanol–water partition coefficient (Wildman–Crippen LogP) is 1.30. The molecule has 0 fully saturated rings. The van der Waals surface area contributed by atoms with Gasteiger partial charge in [-0.1, -0.05) is 5.92 Å². The van der Waals surface area contributed by atoms with E-state index in [1.54, 1.807) is 0 Å². The van der Waals surface area contributed by atoms with Crippen LogP contribution in [0.25, 0.3) is 0 Å².